The van der Waals surface area contributed by atoms with Crippen LogP contribution in [-0.2, 0) is 11.2 Å². The van der Waals surface area contributed by atoms with E-state index >= 15 is 0 Å². The number of hydrogen-bond donors (Lipinski definition) is 2. The van der Waals surface area contributed by atoms with Gasteiger partial charge in [0, 0.05) is 0 Å². The van der Waals surface area contributed by atoms with Crippen LogP contribution >= 0.6 is 0 Å². The maximum Gasteiger partial charge on any atom is 0.320 e. The molecule has 0 amide bonds. The molecule has 2 rings (SSSR count). The molecule has 1 fully saturated rings. The van der Waals surface area contributed by atoms with Crippen molar-refractivity contribution >= 4 is 5.97 Å². The molecule has 5 heteroatoms. The fraction of sp³-hybridized carbons (Fsp3) is 0.417. The lowest BCUT2D eigenvalue weighted by molar-refractivity contribution is -0.139. The number of nitrogens with one attached hydrogen (secondary N) is 1. The van der Waals surface area contributed by atoms with Gasteiger partial charge in [0.05, 0.1) is 0 Å². The number of aliphatic carboxylic acids is 1. The van der Waals surface area contributed by atoms with Crippen LogP contribution in [0.3, 0.4) is 0 Å². The van der Waals surface area contributed by atoms with Gasteiger partial charge in [-0.1, -0.05) is 6.07 Å². The Balaban J connectivity index is 1.98. The van der Waals surface area contributed by atoms with E-state index in [4.69, 9.17) is 5.11 Å². The minimum absolute atomic E-state index is 0.154. The quantitative estimate of drug-likeness (QED) is 0.844. The molecule has 1 aromatic carbocycles. The second kappa shape index (κ2) is 4.79. The van der Waals surface area contributed by atoms with Gasteiger partial charge in [-0.05, 0) is 43.0 Å². The third kappa shape index (κ3) is 2.79. The number of benzene rings is 1. The van der Waals surface area contributed by atoms with Crippen LogP contribution in [0.4, 0.5) is 8.78 Å². The summed E-state index contributed by atoms with van der Waals surface area (Å²) in [6, 6.07) is 3.28. The number of rotatable bonds is 3. The van der Waals surface area contributed by atoms with Crippen LogP contribution in [0, 0.1) is 17.6 Å². The Morgan fingerprint density at radius 2 is 2.18 bits per heavy atom. The Morgan fingerprint density at radius 1 is 1.41 bits per heavy atom. The molecule has 1 aliphatic heterocycles. The number of halogens is 2. The average Bonchev–Trinajstić information content (AvgIpc) is 2.72. The van der Waals surface area contributed by atoms with Crippen molar-refractivity contribution in [3.05, 3.63) is 35.4 Å². The van der Waals surface area contributed by atoms with E-state index in [1.807, 2.05) is 0 Å². The molecule has 92 valence electrons. The van der Waals surface area contributed by atoms with Gasteiger partial charge >= 0.3 is 5.97 Å². The molecule has 0 bridgehead atoms. The van der Waals surface area contributed by atoms with Gasteiger partial charge in [0.15, 0.2) is 11.6 Å². The molecule has 1 saturated heterocycles. The average molecular weight is 241 g/mol. The van der Waals surface area contributed by atoms with Crippen LogP contribution in [-0.4, -0.2) is 23.7 Å². The number of carboxylic acid groups (broad SMARTS) is 1. The molecule has 2 atom stereocenters. The zero-order valence-electron chi connectivity index (χ0n) is 9.12. The van der Waals surface area contributed by atoms with E-state index in [1.54, 1.807) is 0 Å². The van der Waals surface area contributed by atoms with E-state index in [-0.39, 0.29) is 5.92 Å². The van der Waals surface area contributed by atoms with Crippen molar-refractivity contribution in [3.8, 4) is 0 Å². The van der Waals surface area contributed by atoms with Crippen LogP contribution in [0.15, 0.2) is 18.2 Å². The number of hydrogen-bond acceptors (Lipinski definition) is 2. The molecule has 1 aliphatic rings. The van der Waals surface area contributed by atoms with Gasteiger partial charge in [0.1, 0.15) is 6.04 Å². The zero-order chi connectivity index (χ0) is 12.4. The Morgan fingerprint density at radius 3 is 2.76 bits per heavy atom. The lowest BCUT2D eigenvalue weighted by Crippen LogP contribution is -2.29. The topological polar surface area (TPSA) is 49.3 Å². The monoisotopic (exact) mass is 241 g/mol. The van der Waals surface area contributed by atoms with Gasteiger partial charge < -0.3 is 10.4 Å². The summed E-state index contributed by atoms with van der Waals surface area (Å²) in [5.74, 6) is -2.43. The number of carboxylic acids is 1. The van der Waals surface area contributed by atoms with E-state index < -0.39 is 23.6 Å². The largest absolute Gasteiger partial charge is 0.480 e. The maximum absolute atomic E-state index is 13.0. The molecule has 3 nitrogen and oxygen atoms in total. The van der Waals surface area contributed by atoms with Gasteiger partial charge in [-0.15, -0.1) is 0 Å². The SMILES string of the molecule is O=C(O)[C@H]1CC(Cc2ccc(F)c(F)c2)CN1. The van der Waals surface area contributed by atoms with Crippen molar-refractivity contribution < 1.29 is 18.7 Å². The highest BCUT2D eigenvalue weighted by Crippen LogP contribution is 2.20. The Labute approximate surface area is 97.5 Å². The predicted molar refractivity (Wildman–Crippen MR) is 57.6 cm³/mol. The maximum atomic E-state index is 13.0. The van der Waals surface area contributed by atoms with Crippen LogP contribution in [0.1, 0.15) is 12.0 Å². The first kappa shape index (κ1) is 12.0. The third-order valence-corrected chi connectivity index (χ3v) is 3.03. The summed E-state index contributed by atoms with van der Waals surface area (Å²) in [5, 5.41) is 11.7. The third-order valence-electron chi connectivity index (χ3n) is 3.03. The standard InChI is InChI=1S/C12H13F2NO2/c13-9-2-1-7(4-10(9)14)3-8-5-11(12(16)17)15-6-8/h1-2,4,8,11,15H,3,5-6H2,(H,16,17)/t8?,11-/m1/s1. The zero-order valence-corrected chi connectivity index (χ0v) is 9.12. The first-order valence-corrected chi connectivity index (χ1v) is 5.46. The minimum atomic E-state index is -0.863. The molecule has 1 aromatic rings. The first-order chi connectivity index (χ1) is 8.06. The summed E-state index contributed by atoms with van der Waals surface area (Å²) in [7, 11) is 0. The van der Waals surface area contributed by atoms with Crippen molar-refractivity contribution in [2.24, 2.45) is 5.92 Å². The van der Waals surface area contributed by atoms with E-state index in [9.17, 15) is 13.6 Å². The van der Waals surface area contributed by atoms with Gasteiger partial charge in [-0.3, -0.25) is 4.79 Å². The lowest BCUT2D eigenvalue weighted by Gasteiger charge is -2.08. The Bertz CT molecular complexity index is 437. The molecule has 0 aromatic heterocycles. The van der Waals surface area contributed by atoms with Crippen LogP contribution in [0.5, 0.6) is 0 Å². The molecular weight excluding hydrogens is 228 g/mol. The highest BCUT2D eigenvalue weighted by Gasteiger charge is 2.29. The highest BCUT2D eigenvalue weighted by atomic mass is 19.2. The van der Waals surface area contributed by atoms with Gasteiger partial charge in [-0.25, -0.2) is 8.78 Å². The van der Waals surface area contributed by atoms with Gasteiger partial charge in [0.2, 0.25) is 0 Å². The fourth-order valence-corrected chi connectivity index (χ4v) is 2.15. The van der Waals surface area contributed by atoms with Crippen molar-refractivity contribution in [2.45, 2.75) is 18.9 Å². The lowest BCUT2D eigenvalue weighted by atomic mass is 9.96. The second-order valence-electron chi connectivity index (χ2n) is 4.35. The van der Waals surface area contributed by atoms with E-state index in [0.717, 1.165) is 6.07 Å². The molecular formula is C12H13F2NO2. The summed E-state index contributed by atoms with van der Waals surface area (Å²) in [4.78, 5) is 10.7. The van der Waals surface area contributed by atoms with E-state index in [0.29, 0.717) is 24.9 Å². The molecule has 0 spiro atoms. The summed E-state index contributed by atoms with van der Waals surface area (Å²) in [6.07, 6.45) is 1.09. The van der Waals surface area contributed by atoms with E-state index in [1.165, 1.54) is 12.1 Å². The van der Waals surface area contributed by atoms with Gasteiger partial charge in [-0.2, -0.15) is 0 Å². The van der Waals surface area contributed by atoms with Crippen LogP contribution in [0.2, 0.25) is 0 Å². The van der Waals surface area contributed by atoms with Crippen molar-refractivity contribution in [3.63, 3.8) is 0 Å². The highest BCUT2D eigenvalue weighted by molar-refractivity contribution is 5.73. The number of carbonyl (C=O) groups is 1. The molecule has 17 heavy (non-hydrogen) atoms. The molecule has 1 unspecified atom stereocenters. The molecule has 0 radical (unpaired) electrons. The first-order valence-electron chi connectivity index (χ1n) is 5.46. The Hall–Kier alpha value is -1.49. The molecule has 0 saturated carbocycles. The van der Waals surface area contributed by atoms with Crippen molar-refractivity contribution in [1.82, 2.24) is 5.32 Å². The normalized spacial score (nSPS) is 23.9. The Kier molecular flexibility index (Phi) is 3.38. The second-order valence-corrected chi connectivity index (χ2v) is 4.35. The summed E-state index contributed by atoms with van der Waals surface area (Å²) >= 11 is 0. The molecule has 0 aliphatic carbocycles. The minimum Gasteiger partial charge on any atom is -0.480 e. The smallest absolute Gasteiger partial charge is 0.320 e. The summed E-state index contributed by atoms with van der Waals surface area (Å²) in [6.45, 7) is 0.593. The summed E-state index contributed by atoms with van der Waals surface area (Å²) in [5.41, 5.74) is 0.696. The fourth-order valence-electron chi connectivity index (χ4n) is 2.15. The van der Waals surface area contributed by atoms with Gasteiger partial charge in [0.25, 0.3) is 0 Å². The predicted octanol–water partition coefficient (Wildman–Crippen LogP) is 1.57. The summed E-state index contributed by atoms with van der Waals surface area (Å²) < 4.78 is 25.7. The van der Waals surface area contributed by atoms with Crippen molar-refractivity contribution in [1.29, 1.82) is 0 Å². The van der Waals surface area contributed by atoms with Crippen molar-refractivity contribution in [2.75, 3.05) is 6.54 Å². The molecule has 2 N–H and O–H groups in total. The van der Waals surface area contributed by atoms with Crippen LogP contribution < -0.4 is 5.32 Å². The molecule has 1 heterocycles. The van der Waals surface area contributed by atoms with Crippen LogP contribution in [0.25, 0.3) is 0 Å². The van der Waals surface area contributed by atoms with E-state index in [2.05, 4.69) is 5.32 Å².